The maximum Gasteiger partial charge on any atom is 0.453 e. The number of hydrogen-bond donors (Lipinski definition) is 1. The molecule has 1 aliphatic rings. The van der Waals surface area contributed by atoms with E-state index in [1.54, 1.807) is 6.07 Å². The van der Waals surface area contributed by atoms with Gasteiger partial charge in [-0.1, -0.05) is 26.0 Å². The number of benzene rings is 1. The molecule has 1 aliphatic heterocycles. The predicted octanol–water partition coefficient (Wildman–Crippen LogP) is 3.84. The molecule has 1 N–H and O–H groups in total. The fraction of sp³-hybridized carbons (Fsp3) is 0.478. The van der Waals surface area contributed by atoms with Crippen LogP contribution in [-0.4, -0.2) is 56.8 Å². The van der Waals surface area contributed by atoms with Crippen molar-refractivity contribution in [2.45, 2.75) is 39.4 Å². The zero-order valence-corrected chi connectivity index (χ0v) is 19.2. The van der Waals surface area contributed by atoms with Gasteiger partial charge in [0.1, 0.15) is 5.82 Å². The van der Waals surface area contributed by atoms with E-state index in [4.69, 9.17) is 0 Å². The Morgan fingerprint density at radius 1 is 1.12 bits per heavy atom. The van der Waals surface area contributed by atoms with Crippen LogP contribution >= 0.6 is 0 Å². The summed E-state index contributed by atoms with van der Waals surface area (Å²) in [6.07, 6.45) is -3.48. The lowest BCUT2D eigenvalue weighted by molar-refractivity contribution is -0.146. The summed E-state index contributed by atoms with van der Waals surface area (Å²) in [6.45, 7) is 8.02. The summed E-state index contributed by atoms with van der Waals surface area (Å²) in [5, 5.41) is 13.9. The van der Waals surface area contributed by atoms with Crippen molar-refractivity contribution < 1.29 is 18.0 Å². The molecule has 0 unspecified atom stereocenters. The Labute approximate surface area is 195 Å². The molecule has 0 spiro atoms. The van der Waals surface area contributed by atoms with E-state index in [0.29, 0.717) is 31.7 Å². The Balaban J connectivity index is 1.37. The molecule has 3 heterocycles. The third kappa shape index (κ3) is 5.30. The van der Waals surface area contributed by atoms with E-state index in [1.165, 1.54) is 6.07 Å². The number of carbonyl (C=O) groups excluding carboxylic acids is 1. The second kappa shape index (κ2) is 9.96. The maximum absolute atomic E-state index is 13.1. The molecule has 0 radical (unpaired) electrons. The number of alkyl halides is 3. The summed E-state index contributed by atoms with van der Waals surface area (Å²) in [6, 6.07) is 11.0. The van der Waals surface area contributed by atoms with Crippen molar-refractivity contribution >= 4 is 23.1 Å². The van der Waals surface area contributed by atoms with Crippen molar-refractivity contribution in [2.24, 2.45) is 5.92 Å². The van der Waals surface area contributed by atoms with Crippen LogP contribution in [0.2, 0.25) is 0 Å². The normalized spacial score (nSPS) is 15.3. The molecule has 34 heavy (non-hydrogen) atoms. The molecule has 3 aromatic rings. The molecule has 8 nitrogen and oxygen atoms in total. The molecule has 0 saturated carbocycles. The Morgan fingerprint density at radius 3 is 2.53 bits per heavy atom. The molecular formula is C23H28F3N7O. The number of hydrogen-bond acceptors (Lipinski definition) is 6. The molecule has 11 heteroatoms. The van der Waals surface area contributed by atoms with Crippen LogP contribution in [0.1, 0.15) is 38.1 Å². The van der Waals surface area contributed by atoms with Gasteiger partial charge in [-0.3, -0.25) is 9.69 Å². The maximum atomic E-state index is 13.1. The summed E-state index contributed by atoms with van der Waals surface area (Å²) in [4.78, 5) is 17.0. The third-order valence-corrected chi connectivity index (χ3v) is 6.19. The monoisotopic (exact) mass is 475 g/mol. The lowest BCUT2D eigenvalue weighted by Crippen LogP contribution is -2.38. The second-order valence-corrected chi connectivity index (χ2v) is 8.40. The first-order chi connectivity index (χ1) is 16.3. The van der Waals surface area contributed by atoms with E-state index in [2.05, 4.69) is 45.4 Å². The molecule has 1 fully saturated rings. The van der Waals surface area contributed by atoms with Crippen LogP contribution < -0.4 is 10.2 Å². The van der Waals surface area contributed by atoms with E-state index < -0.39 is 12.0 Å². The number of halogens is 3. The summed E-state index contributed by atoms with van der Waals surface area (Å²) >= 11 is 0. The first kappa shape index (κ1) is 23.9. The first-order valence-corrected chi connectivity index (χ1v) is 11.4. The van der Waals surface area contributed by atoms with Crippen molar-refractivity contribution in [1.29, 1.82) is 0 Å². The third-order valence-electron chi connectivity index (χ3n) is 6.19. The zero-order valence-electron chi connectivity index (χ0n) is 19.2. The Hall–Kier alpha value is -3.21. The van der Waals surface area contributed by atoms with Crippen molar-refractivity contribution in [1.82, 2.24) is 24.7 Å². The summed E-state index contributed by atoms with van der Waals surface area (Å²) in [5.41, 5.74) is 1.95. The number of nitrogens with one attached hydrogen (secondary N) is 1. The molecule has 0 atom stereocenters. The van der Waals surface area contributed by atoms with Gasteiger partial charge >= 0.3 is 6.18 Å². The molecule has 182 valence electrons. The average molecular weight is 476 g/mol. The highest BCUT2D eigenvalue weighted by Crippen LogP contribution is 2.29. The van der Waals surface area contributed by atoms with Crippen molar-refractivity contribution in [2.75, 3.05) is 36.4 Å². The van der Waals surface area contributed by atoms with Crippen LogP contribution in [0.25, 0.3) is 5.65 Å². The van der Waals surface area contributed by atoms with Crippen molar-refractivity contribution in [3.63, 3.8) is 0 Å². The van der Waals surface area contributed by atoms with Gasteiger partial charge < -0.3 is 10.2 Å². The van der Waals surface area contributed by atoms with Crippen LogP contribution in [0.3, 0.4) is 0 Å². The molecule has 4 rings (SSSR count). The number of rotatable bonds is 7. The Bertz CT molecular complexity index is 1140. The number of aromatic nitrogens is 4. The van der Waals surface area contributed by atoms with Crippen LogP contribution in [0.5, 0.6) is 0 Å². The van der Waals surface area contributed by atoms with Gasteiger partial charge in [0, 0.05) is 31.2 Å². The van der Waals surface area contributed by atoms with E-state index in [0.717, 1.165) is 35.4 Å². The lowest BCUT2D eigenvalue weighted by atomic mass is 9.95. The number of piperidine rings is 1. The van der Waals surface area contributed by atoms with Gasteiger partial charge in [0.25, 0.3) is 5.82 Å². The van der Waals surface area contributed by atoms with E-state index in [9.17, 15) is 18.0 Å². The van der Waals surface area contributed by atoms with Gasteiger partial charge in [-0.2, -0.15) is 17.7 Å². The highest BCUT2D eigenvalue weighted by atomic mass is 19.4. The molecule has 0 bridgehead atoms. The van der Waals surface area contributed by atoms with Gasteiger partial charge in [-0.15, -0.1) is 15.3 Å². The minimum absolute atomic E-state index is 0.0357. The Kier molecular flexibility index (Phi) is 7.01. The highest BCUT2D eigenvalue weighted by Gasteiger charge is 2.38. The minimum atomic E-state index is -4.64. The largest absolute Gasteiger partial charge is 0.453 e. The first-order valence-electron chi connectivity index (χ1n) is 11.4. The topological polar surface area (TPSA) is 78.7 Å². The standard InChI is InChI=1S/C23H28F3N7O/c1-3-31(4-2)15-16-6-5-7-18(14-16)27-21(34)17-10-12-32(13-11-17)20-9-8-19-28-29-22(23(24,25)26)33(19)30-20/h5-9,14,17H,3-4,10-13,15H2,1-2H3,(H,27,34). The van der Waals surface area contributed by atoms with Crippen LogP contribution in [0, 0.1) is 5.92 Å². The van der Waals surface area contributed by atoms with Gasteiger partial charge in [-0.05, 0) is 55.8 Å². The number of anilines is 2. The fourth-order valence-corrected chi connectivity index (χ4v) is 4.19. The molecule has 2 aromatic heterocycles. The summed E-state index contributed by atoms with van der Waals surface area (Å²) in [7, 11) is 0. The highest BCUT2D eigenvalue weighted by molar-refractivity contribution is 5.92. The van der Waals surface area contributed by atoms with Crippen LogP contribution in [0.4, 0.5) is 24.7 Å². The molecular weight excluding hydrogens is 447 g/mol. The molecule has 1 aromatic carbocycles. The number of fused-ring (bicyclic) bond motifs is 1. The fourth-order valence-electron chi connectivity index (χ4n) is 4.19. The van der Waals surface area contributed by atoms with Crippen molar-refractivity contribution in [3.05, 3.63) is 47.8 Å². The lowest BCUT2D eigenvalue weighted by Gasteiger charge is -2.32. The summed E-state index contributed by atoms with van der Waals surface area (Å²) in [5.74, 6) is -0.962. The number of carbonyl (C=O) groups is 1. The molecule has 0 aliphatic carbocycles. The van der Waals surface area contributed by atoms with Crippen LogP contribution in [-0.2, 0) is 17.5 Å². The van der Waals surface area contributed by atoms with E-state index in [1.807, 2.05) is 23.1 Å². The molecule has 1 saturated heterocycles. The second-order valence-electron chi connectivity index (χ2n) is 8.40. The van der Waals surface area contributed by atoms with Gasteiger partial charge in [-0.25, -0.2) is 0 Å². The van der Waals surface area contributed by atoms with Crippen LogP contribution in [0.15, 0.2) is 36.4 Å². The summed E-state index contributed by atoms with van der Waals surface area (Å²) < 4.78 is 40.2. The zero-order chi connectivity index (χ0) is 24.3. The van der Waals surface area contributed by atoms with Crippen molar-refractivity contribution in [3.8, 4) is 0 Å². The van der Waals surface area contributed by atoms with E-state index in [-0.39, 0.29) is 17.5 Å². The average Bonchev–Trinajstić information content (AvgIpc) is 3.27. The predicted molar refractivity (Wildman–Crippen MR) is 122 cm³/mol. The number of nitrogens with zero attached hydrogens (tertiary/aromatic N) is 6. The number of amides is 1. The Morgan fingerprint density at radius 2 is 1.85 bits per heavy atom. The van der Waals surface area contributed by atoms with Gasteiger partial charge in [0.15, 0.2) is 5.65 Å². The van der Waals surface area contributed by atoms with Gasteiger partial charge in [0.05, 0.1) is 0 Å². The minimum Gasteiger partial charge on any atom is -0.355 e. The SMILES string of the molecule is CCN(CC)Cc1cccc(NC(=O)C2CCN(c3ccc4nnc(C(F)(F)F)n4n3)CC2)c1. The quantitative estimate of drug-likeness (QED) is 0.560. The van der Waals surface area contributed by atoms with Gasteiger partial charge in [0.2, 0.25) is 5.91 Å². The van der Waals surface area contributed by atoms with E-state index >= 15 is 0 Å². The molecule has 1 amide bonds. The smallest absolute Gasteiger partial charge is 0.355 e.